The van der Waals surface area contributed by atoms with Gasteiger partial charge in [-0.05, 0) is 48.5 Å². The largest absolute Gasteiger partial charge is 0.347 e. The van der Waals surface area contributed by atoms with Crippen molar-refractivity contribution in [2.24, 2.45) is 0 Å². The van der Waals surface area contributed by atoms with Crippen molar-refractivity contribution in [1.29, 1.82) is 0 Å². The molecule has 0 aliphatic heterocycles. The molecule has 2 aromatic carbocycles. The van der Waals surface area contributed by atoms with E-state index in [0.717, 1.165) is 5.56 Å². The quantitative estimate of drug-likeness (QED) is 0.528. The number of carbonyl (C=O) groups is 1. The molecule has 30 heavy (non-hydrogen) atoms. The highest BCUT2D eigenvalue weighted by molar-refractivity contribution is 7.89. The Hall–Kier alpha value is -3.50. The van der Waals surface area contributed by atoms with Gasteiger partial charge < -0.3 is 10.6 Å². The second kappa shape index (κ2) is 9.33. The molecule has 3 rings (SSSR count). The molecule has 156 valence electrons. The van der Waals surface area contributed by atoms with Gasteiger partial charge in [-0.15, -0.1) is 0 Å². The van der Waals surface area contributed by atoms with Gasteiger partial charge in [0.15, 0.2) is 0 Å². The molecule has 0 saturated carbocycles. The van der Waals surface area contributed by atoms with E-state index >= 15 is 0 Å². The van der Waals surface area contributed by atoms with E-state index in [1.165, 1.54) is 29.9 Å². The van der Waals surface area contributed by atoms with Crippen LogP contribution in [0.5, 0.6) is 0 Å². The number of anilines is 1. The smallest absolute Gasteiger partial charge is 0.334 e. The Bertz CT molecular complexity index is 1210. The minimum atomic E-state index is -3.55. The average molecular weight is 427 g/mol. The minimum absolute atomic E-state index is 0.128. The van der Waals surface area contributed by atoms with E-state index in [1.54, 1.807) is 42.6 Å². The molecule has 0 unspecified atom stereocenters. The first-order valence-electron chi connectivity index (χ1n) is 9.05. The molecule has 0 fully saturated rings. The maximum Gasteiger partial charge on any atom is 0.347 e. The van der Waals surface area contributed by atoms with Crippen LogP contribution in [0.1, 0.15) is 11.1 Å². The van der Waals surface area contributed by atoms with E-state index < -0.39 is 16.1 Å². The van der Waals surface area contributed by atoms with Crippen molar-refractivity contribution in [2.45, 2.75) is 18.0 Å². The topological polar surface area (TPSA) is 122 Å². The van der Waals surface area contributed by atoms with E-state index in [4.69, 9.17) is 0 Å². The molecule has 2 amide bonds. The number of nitrogens with one attached hydrogen (secondary N) is 3. The van der Waals surface area contributed by atoms with Crippen LogP contribution in [0.15, 0.2) is 76.7 Å². The molecule has 3 N–H and O–H groups in total. The van der Waals surface area contributed by atoms with Gasteiger partial charge in [0.2, 0.25) is 10.0 Å². The maximum absolute atomic E-state index is 12.2. The summed E-state index contributed by atoms with van der Waals surface area (Å²) in [6, 6.07) is 14.7. The van der Waals surface area contributed by atoms with E-state index in [2.05, 4.69) is 20.3 Å². The van der Waals surface area contributed by atoms with Gasteiger partial charge in [-0.2, -0.15) is 0 Å². The van der Waals surface area contributed by atoms with Crippen LogP contribution in [0.25, 0.3) is 0 Å². The predicted octanol–water partition coefficient (Wildman–Crippen LogP) is 1.52. The molecule has 1 aromatic heterocycles. The lowest BCUT2D eigenvalue weighted by atomic mass is 10.2. The highest BCUT2D eigenvalue weighted by atomic mass is 32.2. The Labute approximate surface area is 173 Å². The monoisotopic (exact) mass is 427 g/mol. The second-order valence-electron chi connectivity index (χ2n) is 6.39. The Balaban J connectivity index is 1.61. The lowest BCUT2D eigenvalue weighted by Gasteiger charge is -2.10. The lowest BCUT2D eigenvalue weighted by Crippen LogP contribution is -2.28. The Kier molecular flexibility index (Phi) is 6.60. The fourth-order valence-corrected chi connectivity index (χ4v) is 3.55. The maximum atomic E-state index is 12.2. The van der Waals surface area contributed by atoms with E-state index in [-0.39, 0.29) is 17.1 Å². The zero-order valence-corrected chi connectivity index (χ0v) is 17.0. The molecule has 0 spiro atoms. The molecule has 1 heterocycles. The molecule has 0 atom stereocenters. The third kappa shape index (κ3) is 5.52. The van der Waals surface area contributed by atoms with Crippen LogP contribution in [0.4, 0.5) is 10.5 Å². The molecule has 0 aliphatic rings. The molecule has 0 bridgehead atoms. The number of sulfonamides is 1. The van der Waals surface area contributed by atoms with Crippen LogP contribution in [0.2, 0.25) is 0 Å². The van der Waals surface area contributed by atoms with Crippen molar-refractivity contribution in [1.82, 2.24) is 19.6 Å². The van der Waals surface area contributed by atoms with Crippen LogP contribution in [0, 0.1) is 0 Å². The van der Waals surface area contributed by atoms with Gasteiger partial charge in [0.25, 0.3) is 0 Å². The number of benzene rings is 2. The van der Waals surface area contributed by atoms with E-state index in [1.807, 2.05) is 6.07 Å². The summed E-state index contributed by atoms with van der Waals surface area (Å²) in [4.78, 5) is 27.8. The molecular formula is C20H21N5O4S. The number of carbonyl (C=O) groups excluding carboxylic acids is 1. The van der Waals surface area contributed by atoms with Gasteiger partial charge in [0.05, 0.1) is 11.4 Å². The summed E-state index contributed by atoms with van der Waals surface area (Å²) in [6.07, 6.45) is 3.08. The average Bonchev–Trinajstić information content (AvgIpc) is 2.74. The third-order valence-corrected chi connectivity index (χ3v) is 5.66. The lowest BCUT2D eigenvalue weighted by molar-refractivity contribution is 0.251. The van der Waals surface area contributed by atoms with Gasteiger partial charge in [-0.25, -0.2) is 27.7 Å². The Morgan fingerprint density at radius 1 is 1.07 bits per heavy atom. The summed E-state index contributed by atoms with van der Waals surface area (Å²) in [5, 5.41) is 5.42. The third-order valence-electron chi connectivity index (χ3n) is 4.25. The summed E-state index contributed by atoms with van der Waals surface area (Å²) in [5.41, 5.74) is 1.68. The first-order valence-corrected chi connectivity index (χ1v) is 10.5. The van der Waals surface area contributed by atoms with Crippen molar-refractivity contribution < 1.29 is 13.2 Å². The first-order chi connectivity index (χ1) is 14.4. The summed E-state index contributed by atoms with van der Waals surface area (Å²) in [5.74, 6) is 0. The predicted molar refractivity (Wildman–Crippen MR) is 113 cm³/mol. The van der Waals surface area contributed by atoms with Crippen molar-refractivity contribution >= 4 is 21.7 Å². The number of hydrogen-bond donors (Lipinski definition) is 3. The number of aromatic nitrogens is 2. The number of nitrogens with zero attached hydrogens (tertiary/aromatic N) is 2. The molecule has 0 aliphatic carbocycles. The molecule has 10 heteroatoms. The van der Waals surface area contributed by atoms with E-state index in [9.17, 15) is 18.0 Å². The fourth-order valence-electron chi connectivity index (χ4n) is 2.75. The highest BCUT2D eigenvalue weighted by Gasteiger charge is 2.11. The van der Waals surface area contributed by atoms with Crippen molar-refractivity contribution in [2.75, 3.05) is 12.4 Å². The number of rotatable bonds is 7. The Morgan fingerprint density at radius 2 is 1.83 bits per heavy atom. The normalized spacial score (nSPS) is 11.1. The Morgan fingerprint density at radius 3 is 2.60 bits per heavy atom. The molecular weight excluding hydrogens is 406 g/mol. The minimum Gasteiger partial charge on any atom is -0.334 e. The summed E-state index contributed by atoms with van der Waals surface area (Å²) >= 11 is 0. The van der Waals surface area contributed by atoms with Gasteiger partial charge in [-0.1, -0.05) is 24.3 Å². The molecule has 3 aromatic rings. The zero-order chi connectivity index (χ0) is 21.6. The number of hydrogen-bond acceptors (Lipinski definition) is 5. The highest BCUT2D eigenvalue weighted by Crippen LogP contribution is 2.13. The number of urea groups is 1. The van der Waals surface area contributed by atoms with Gasteiger partial charge in [-0.3, -0.25) is 4.57 Å². The van der Waals surface area contributed by atoms with Crippen molar-refractivity contribution in [3.63, 3.8) is 0 Å². The zero-order valence-electron chi connectivity index (χ0n) is 16.2. The second-order valence-corrected chi connectivity index (χ2v) is 8.28. The van der Waals surface area contributed by atoms with Crippen molar-refractivity contribution in [3.05, 3.63) is 88.6 Å². The summed E-state index contributed by atoms with van der Waals surface area (Å²) in [6.45, 7) is 0.486. The van der Waals surface area contributed by atoms with Crippen LogP contribution in [-0.4, -0.2) is 31.0 Å². The molecule has 0 saturated heterocycles. The standard InChI is InChI=1S/C20H21N5O4S/c1-21-30(28,29)18-8-3-5-15(12-18)13-23-19(26)24-17-7-2-6-16(11-17)14-25-10-4-9-22-20(25)27/h2-12,21H,13-14H2,1H3,(H2,23,24,26). The fraction of sp³-hybridized carbons (Fsp3) is 0.150. The first kappa shape index (κ1) is 21.2. The van der Waals surface area contributed by atoms with Gasteiger partial charge in [0.1, 0.15) is 0 Å². The van der Waals surface area contributed by atoms with Crippen molar-refractivity contribution in [3.8, 4) is 0 Å². The van der Waals surface area contributed by atoms with Crippen LogP contribution < -0.4 is 21.0 Å². The van der Waals surface area contributed by atoms with Crippen LogP contribution in [0.3, 0.4) is 0 Å². The van der Waals surface area contributed by atoms with Crippen LogP contribution in [-0.2, 0) is 23.1 Å². The summed E-state index contributed by atoms with van der Waals surface area (Å²) < 4.78 is 27.5. The molecule has 9 nitrogen and oxygen atoms in total. The molecule has 0 radical (unpaired) electrons. The number of amides is 2. The summed E-state index contributed by atoms with van der Waals surface area (Å²) in [7, 11) is -2.21. The van der Waals surface area contributed by atoms with Gasteiger partial charge in [0, 0.05) is 24.6 Å². The SMILES string of the molecule is CNS(=O)(=O)c1cccc(CNC(=O)Nc2cccc(Cn3cccnc3=O)c2)c1. The van der Waals surface area contributed by atoms with Crippen LogP contribution >= 0.6 is 0 Å². The van der Waals surface area contributed by atoms with Gasteiger partial charge >= 0.3 is 11.7 Å². The van der Waals surface area contributed by atoms with E-state index in [0.29, 0.717) is 17.8 Å².